The van der Waals surface area contributed by atoms with E-state index >= 15 is 0 Å². The zero-order valence-corrected chi connectivity index (χ0v) is 20.2. The van der Waals surface area contributed by atoms with Gasteiger partial charge in [-0.3, -0.25) is 9.59 Å². The number of allylic oxidation sites excluding steroid dienone is 3. The minimum Gasteiger partial charge on any atom is -0.461 e. The smallest absolute Gasteiger partial charge is 0.307 e. The summed E-state index contributed by atoms with van der Waals surface area (Å²) in [5, 5.41) is 0. The minimum absolute atomic E-state index is 0.125. The highest BCUT2D eigenvalue weighted by atomic mass is 16.5. The zero-order valence-electron chi connectivity index (χ0n) is 20.2. The molecule has 31 heavy (non-hydrogen) atoms. The Kier molecular flexibility index (Phi) is 20.1. The lowest BCUT2D eigenvalue weighted by atomic mass is 9.99. The molecule has 0 aliphatic heterocycles. The van der Waals surface area contributed by atoms with E-state index in [1.807, 2.05) is 18.2 Å². The molecule has 0 saturated carbocycles. The number of hydrogen-bond acceptors (Lipinski definition) is 5. The standard InChI is InChI=1S/C26H45NO4/c1-5-9-18-25(28)30-22-14-11-12-16-24(7-3)17-13-15-23-31-26(29)19-21-27(8-4)20-10-6-2/h7,11,13-15,24H,3,5-6,8-10,12,16-23H2,1-2,4H3/b14-11+,15-13-. The highest BCUT2D eigenvalue weighted by Crippen LogP contribution is 2.13. The lowest BCUT2D eigenvalue weighted by molar-refractivity contribution is -0.143. The predicted molar refractivity (Wildman–Crippen MR) is 129 cm³/mol. The Morgan fingerprint density at radius 3 is 2.13 bits per heavy atom. The Hall–Kier alpha value is -1.88. The molecule has 1 unspecified atom stereocenters. The molecule has 0 aliphatic rings. The van der Waals surface area contributed by atoms with Crippen LogP contribution in [0.15, 0.2) is 37.0 Å². The molecular formula is C26H45NO4. The number of hydrogen-bond donors (Lipinski definition) is 0. The first kappa shape index (κ1) is 29.1. The summed E-state index contributed by atoms with van der Waals surface area (Å²) >= 11 is 0. The van der Waals surface area contributed by atoms with Crippen LogP contribution in [-0.4, -0.2) is 49.7 Å². The molecule has 0 N–H and O–H groups in total. The Balaban J connectivity index is 3.88. The highest BCUT2D eigenvalue weighted by molar-refractivity contribution is 5.69. The number of unbranched alkanes of at least 4 members (excludes halogenated alkanes) is 2. The molecule has 0 bridgehead atoms. The van der Waals surface area contributed by atoms with Crippen LogP contribution in [0.3, 0.4) is 0 Å². The van der Waals surface area contributed by atoms with E-state index < -0.39 is 0 Å². The second-order valence-corrected chi connectivity index (χ2v) is 7.76. The van der Waals surface area contributed by atoms with Gasteiger partial charge in [0.05, 0.1) is 6.42 Å². The number of nitrogens with zero attached hydrogens (tertiary/aromatic N) is 1. The topological polar surface area (TPSA) is 55.8 Å². The summed E-state index contributed by atoms with van der Waals surface area (Å²) in [6.07, 6.45) is 17.8. The third kappa shape index (κ3) is 18.6. The maximum Gasteiger partial charge on any atom is 0.307 e. The van der Waals surface area contributed by atoms with E-state index in [1.165, 1.54) is 12.8 Å². The van der Waals surface area contributed by atoms with Crippen molar-refractivity contribution in [3.05, 3.63) is 37.0 Å². The average molecular weight is 436 g/mol. The van der Waals surface area contributed by atoms with Crippen LogP contribution in [0.5, 0.6) is 0 Å². The fourth-order valence-corrected chi connectivity index (χ4v) is 2.97. The number of rotatable bonds is 20. The van der Waals surface area contributed by atoms with Gasteiger partial charge in [-0.1, -0.05) is 64.0 Å². The Morgan fingerprint density at radius 1 is 0.871 bits per heavy atom. The highest BCUT2D eigenvalue weighted by Gasteiger charge is 2.07. The lowest BCUT2D eigenvalue weighted by Crippen LogP contribution is -2.27. The van der Waals surface area contributed by atoms with Crippen molar-refractivity contribution >= 4 is 11.9 Å². The van der Waals surface area contributed by atoms with Crippen LogP contribution < -0.4 is 0 Å². The van der Waals surface area contributed by atoms with Crippen LogP contribution in [0.2, 0.25) is 0 Å². The first-order chi connectivity index (χ1) is 15.1. The summed E-state index contributed by atoms with van der Waals surface area (Å²) < 4.78 is 10.4. The van der Waals surface area contributed by atoms with Crippen molar-refractivity contribution in [3.63, 3.8) is 0 Å². The molecule has 0 aliphatic carbocycles. The number of ether oxygens (including phenoxy) is 2. The molecular weight excluding hydrogens is 390 g/mol. The molecule has 5 heteroatoms. The SMILES string of the molecule is C=CC(C/C=C\COC(=O)CCN(CC)CCCC)CC/C=C/COC(=O)CCCC. The molecule has 0 fully saturated rings. The average Bonchev–Trinajstić information content (AvgIpc) is 2.78. The van der Waals surface area contributed by atoms with Gasteiger partial charge < -0.3 is 14.4 Å². The molecule has 1 atom stereocenters. The van der Waals surface area contributed by atoms with Crippen molar-refractivity contribution in [2.24, 2.45) is 5.92 Å². The van der Waals surface area contributed by atoms with E-state index in [-0.39, 0.29) is 11.9 Å². The van der Waals surface area contributed by atoms with E-state index in [1.54, 1.807) is 0 Å². The van der Waals surface area contributed by atoms with Gasteiger partial charge in [0.2, 0.25) is 0 Å². The van der Waals surface area contributed by atoms with Crippen LogP contribution in [-0.2, 0) is 19.1 Å². The van der Waals surface area contributed by atoms with Crippen LogP contribution in [0.25, 0.3) is 0 Å². The summed E-state index contributed by atoms with van der Waals surface area (Å²) in [4.78, 5) is 25.6. The van der Waals surface area contributed by atoms with Gasteiger partial charge in [0, 0.05) is 13.0 Å². The molecule has 0 aromatic carbocycles. The van der Waals surface area contributed by atoms with Gasteiger partial charge in [-0.05, 0) is 51.1 Å². The molecule has 0 radical (unpaired) electrons. The van der Waals surface area contributed by atoms with Crippen LogP contribution in [0, 0.1) is 5.92 Å². The largest absolute Gasteiger partial charge is 0.461 e. The normalized spacial score (nSPS) is 12.5. The van der Waals surface area contributed by atoms with Crippen LogP contribution in [0.1, 0.15) is 78.6 Å². The molecule has 0 amide bonds. The first-order valence-electron chi connectivity index (χ1n) is 12.0. The molecule has 0 spiro atoms. The van der Waals surface area contributed by atoms with Crippen molar-refractivity contribution in [1.29, 1.82) is 0 Å². The fraction of sp³-hybridized carbons (Fsp3) is 0.692. The quantitative estimate of drug-likeness (QED) is 0.177. The van der Waals surface area contributed by atoms with Crippen molar-refractivity contribution in [1.82, 2.24) is 4.90 Å². The first-order valence-corrected chi connectivity index (χ1v) is 12.0. The van der Waals surface area contributed by atoms with E-state index in [4.69, 9.17) is 9.47 Å². The van der Waals surface area contributed by atoms with Crippen molar-refractivity contribution < 1.29 is 19.1 Å². The molecule has 0 rings (SSSR count). The van der Waals surface area contributed by atoms with E-state index in [0.717, 1.165) is 51.7 Å². The van der Waals surface area contributed by atoms with Gasteiger partial charge in [0.1, 0.15) is 13.2 Å². The fourth-order valence-electron chi connectivity index (χ4n) is 2.97. The Labute approximate surface area is 190 Å². The minimum atomic E-state index is -0.139. The summed E-state index contributed by atoms with van der Waals surface area (Å²) in [5.74, 6) is 0.112. The van der Waals surface area contributed by atoms with Gasteiger partial charge in [-0.15, -0.1) is 6.58 Å². The summed E-state index contributed by atoms with van der Waals surface area (Å²) in [6, 6.07) is 0. The summed E-state index contributed by atoms with van der Waals surface area (Å²) in [7, 11) is 0. The maximum atomic E-state index is 11.9. The summed E-state index contributed by atoms with van der Waals surface area (Å²) in [6.45, 7) is 13.7. The van der Waals surface area contributed by atoms with E-state index in [0.29, 0.717) is 32.0 Å². The second-order valence-electron chi connectivity index (χ2n) is 7.76. The lowest BCUT2D eigenvalue weighted by Gasteiger charge is -2.19. The summed E-state index contributed by atoms with van der Waals surface area (Å²) in [5.41, 5.74) is 0. The molecule has 0 aromatic heterocycles. The third-order valence-electron chi connectivity index (χ3n) is 5.13. The maximum absolute atomic E-state index is 11.9. The number of esters is 2. The van der Waals surface area contributed by atoms with Gasteiger partial charge in [0.25, 0.3) is 0 Å². The van der Waals surface area contributed by atoms with Crippen molar-refractivity contribution in [2.75, 3.05) is 32.8 Å². The number of carbonyl (C=O) groups is 2. The van der Waals surface area contributed by atoms with Gasteiger partial charge in [0.15, 0.2) is 0 Å². The third-order valence-corrected chi connectivity index (χ3v) is 5.13. The van der Waals surface area contributed by atoms with Crippen molar-refractivity contribution in [3.8, 4) is 0 Å². The van der Waals surface area contributed by atoms with Gasteiger partial charge >= 0.3 is 11.9 Å². The zero-order chi connectivity index (χ0) is 23.2. The number of carbonyl (C=O) groups excluding carboxylic acids is 2. The van der Waals surface area contributed by atoms with Crippen LogP contribution >= 0.6 is 0 Å². The molecule has 0 aromatic rings. The monoisotopic (exact) mass is 435 g/mol. The Bertz CT molecular complexity index is 528. The molecule has 178 valence electrons. The second kappa shape index (κ2) is 21.4. The van der Waals surface area contributed by atoms with Crippen molar-refractivity contribution in [2.45, 2.75) is 78.6 Å². The van der Waals surface area contributed by atoms with Gasteiger partial charge in [-0.2, -0.15) is 0 Å². The van der Waals surface area contributed by atoms with E-state index in [2.05, 4.69) is 44.4 Å². The van der Waals surface area contributed by atoms with E-state index in [9.17, 15) is 9.59 Å². The van der Waals surface area contributed by atoms with Gasteiger partial charge in [-0.25, -0.2) is 0 Å². The molecule has 5 nitrogen and oxygen atoms in total. The van der Waals surface area contributed by atoms with Crippen LogP contribution in [0.4, 0.5) is 0 Å². The molecule has 0 heterocycles. The molecule has 0 saturated heterocycles. The predicted octanol–water partition coefficient (Wildman–Crippen LogP) is 5.86. The Morgan fingerprint density at radius 2 is 1.52 bits per heavy atom.